The number of nitrogens with zero attached hydrogens (tertiary/aromatic N) is 1. The van der Waals surface area contributed by atoms with Crippen molar-refractivity contribution < 1.29 is 33.0 Å². The molecule has 0 aromatic heterocycles. The molecule has 2 bridgehead atoms. The number of methoxy groups -OCH3 is 1. The number of rotatable bonds is 8. The topological polar surface area (TPSA) is 100 Å². The van der Waals surface area contributed by atoms with E-state index in [1.54, 1.807) is 14.2 Å². The van der Waals surface area contributed by atoms with Gasteiger partial charge in [0.15, 0.2) is 0 Å². The minimum Gasteiger partial charge on any atom is -0.497 e. The number of carbonyl (C=O) groups is 2. The third-order valence-electron chi connectivity index (χ3n) is 8.66. The third kappa shape index (κ3) is 8.43. The molecule has 1 heterocycles. The average molecular weight is 614 g/mol. The number of benzene rings is 2. The van der Waals surface area contributed by atoms with Gasteiger partial charge in [-0.2, -0.15) is 0 Å². The van der Waals surface area contributed by atoms with Crippen LogP contribution in [0.15, 0.2) is 48.6 Å². The van der Waals surface area contributed by atoms with E-state index in [4.69, 9.17) is 9.47 Å². The van der Waals surface area contributed by atoms with Crippen LogP contribution in [0.3, 0.4) is 0 Å². The fraction of sp³-hybridized carbons (Fsp3) is 0.529. The van der Waals surface area contributed by atoms with Gasteiger partial charge in [-0.25, -0.2) is 8.78 Å². The lowest BCUT2D eigenvalue weighted by Gasteiger charge is -2.32. The zero-order valence-electron chi connectivity index (χ0n) is 26.0. The lowest BCUT2D eigenvalue weighted by atomic mass is 9.98. The van der Waals surface area contributed by atoms with Crippen LogP contribution in [-0.4, -0.2) is 67.3 Å². The maximum Gasteiger partial charge on any atom is 0.243 e. The molecule has 0 unspecified atom stereocenters. The summed E-state index contributed by atoms with van der Waals surface area (Å²) in [4.78, 5) is 28.6. The largest absolute Gasteiger partial charge is 0.497 e. The number of likely N-dealkylation sites (N-methyl/N-ethyl adjacent to an activating group) is 1. The first-order valence-corrected chi connectivity index (χ1v) is 15.5. The Morgan fingerprint density at radius 2 is 1.91 bits per heavy atom. The number of ether oxygens (including phenoxy) is 2. The number of unbranched alkanes of at least 4 members (excludes halogenated alkanes) is 1. The van der Waals surface area contributed by atoms with Crippen molar-refractivity contribution in [1.29, 1.82) is 0 Å². The van der Waals surface area contributed by atoms with Gasteiger partial charge in [0.1, 0.15) is 23.4 Å². The molecule has 1 aliphatic carbocycles. The van der Waals surface area contributed by atoms with Crippen LogP contribution >= 0.6 is 0 Å². The molecule has 0 radical (unpaired) electrons. The summed E-state index contributed by atoms with van der Waals surface area (Å²) in [5.74, 6) is -1.64. The normalized spacial score (nSPS) is 24.9. The Balaban J connectivity index is 1.64. The van der Waals surface area contributed by atoms with E-state index in [9.17, 15) is 23.5 Å². The van der Waals surface area contributed by atoms with Crippen molar-refractivity contribution in [3.8, 4) is 5.75 Å². The molecule has 1 aliphatic heterocycles. The van der Waals surface area contributed by atoms with Crippen LogP contribution in [0.2, 0.25) is 0 Å². The minimum atomic E-state index is -1.12. The summed E-state index contributed by atoms with van der Waals surface area (Å²) in [6, 6.07) is 7.09. The highest BCUT2D eigenvalue weighted by atomic mass is 19.1. The van der Waals surface area contributed by atoms with Crippen molar-refractivity contribution in [2.45, 2.75) is 82.7 Å². The first kappa shape index (κ1) is 33.6. The number of amides is 2. The molecule has 2 amide bonds. The summed E-state index contributed by atoms with van der Waals surface area (Å²) in [5, 5.41) is 17.8. The first-order valence-electron chi connectivity index (χ1n) is 15.5. The SMILES string of the molecule is CCCC[C@H](C)C(=O)N(C)[C@H]1CC=CCO[C@@H]2C[C@@H](NC[C@@H](O)[C@H](Cc3cc(F)cc(F)c3)NC1=O)c1cc(OC)ccc12. The van der Waals surface area contributed by atoms with Crippen molar-refractivity contribution in [1.82, 2.24) is 15.5 Å². The zero-order valence-corrected chi connectivity index (χ0v) is 26.0. The lowest BCUT2D eigenvalue weighted by Crippen LogP contribution is -2.55. The van der Waals surface area contributed by atoms with Gasteiger partial charge in [-0.15, -0.1) is 0 Å². The number of β-amino-alcohol motifs (C(OH)–C–C–N with tert-alkyl or cyclic N) is 1. The molecule has 0 spiro atoms. The van der Waals surface area contributed by atoms with E-state index in [2.05, 4.69) is 17.6 Å². The maximum atomic E-state index is 14.1. The van der Waals surface area contributed by atoms with E-state index in [0.29, 0.717) is 30.8 Å². The number of aliphatic hydroxyl groups is 1. The van der Waals surface area contributed by atoms with Crippen molar-refractivity contribution >= 4 is 11.8 Å². The third-order valence-corrected chi connectivity index (χ3v) is 8.66. The van der Waals surface area contributed by atoms with Gasteiger partial charge in [0, 0.05) is 31.6 Å². The second kappa shape index (κ2) is 15.6. The van der Waals surface area contributed by atoms with E-state index < -0.39 is 35.7 Å². The first-order chi connectivity index (χ1) is 21.1. The summed E-state index contributed by atoms with van der Waals surface area (Å²) in [7, 11) is 3.22. The molecule has 2 aromatic rings. The van der Waals surface area contributed by atoms with Crippen molar-refractivity contribution in [3.63, 3.8) is 0 Å². The second-order valence-corrected chi connectivity index (χ2v) is 11.9. The molecule has 0 saturated carbocycles. The van der Waals surface area contributed by atoms with Crippen molar-refractivity contribution in [2.24, 2.45) is 5.92 Å². The van der Waals surface area contributed by atoms with E-state index in [0.717, 1.165) is 30.0 Å². The van der Waals surface area contributed by atoms with Gasteiger partial charge in [-0.05, 0) is 66.6 Å². The Morgan fingerprint density at radius 3 is 2.61 bits per heavy atom. The average Bonchev–Trinajstić information content (AvgIpc) is 3.34. The fourth-order valence-corrected chi connectivity index (χ4v) is 6.09. The van der Waals surface area contributed by atoms with Crippen LogP contribution in [0.5, 0.6) is 5.75 Å². The van der Waals surface area contributed by atoms with E-state index in [1.807, 2.05) is 37.3 Å². The van der Waals surface area contributed by atoms with Crippen molar-refractivity contribution in [2.75, 3.05) is 27.3 Å². The van der Waals surface area contributed by atoms with E-state index >= 15 is 0 Å². The molecule has 10 heteroatoms. The van der Waals surface area contributed by atoms with Crippen LogP contribution in [0.25, 0.3) is 0 Å². The van der Waals surface area contributed by atoms with Gasteiger partial charge in [0.05, 0.1) is 32.0 Å². The van der Waals surface area contributed by atoms with Gasteiger partial charge in [-0.3, -0.25) is 9.59 Å². The molecule has 240 valence electrons. The molecular weight excluding hydrogens is 568 g/mol. The predicted molar refractivity (Wildman–Crippen MR) is 164 cm³/mol. The molecule has 6 atom stereocenters. The smallest absolute Gasteiger partial charge is 0.243 e. The minimum absolute atomic E-state index is 0.0167. The number of hydrogen-bond acceptors (Lipinski definition) is 6. The molecule has 2 aliphatic rings. The zero-order chi connectivity index (χ0) is 31.8. The number of halogens is 2. The van der Waals surface area contributed by atoms with Gasteiger partial charge in [0.25, 0.3) is 0 Å². The standard InChI is InChI=1S/C34H45F2N3O5/c1-5-6-9-21(2)34(42)39(3)30-10-7-8-13-44-32-19-28(27-18-25(43-4)11-12-26(27)32)37-20-31(40)29(38-33(30)41)16-22-14-23(35)17-24(36)15-22/h7-8,11-12,14-15,17-18,21,28-32,37,40H,5-6,9-10,13,16,19-20H2,1-4H3,(H,38,41)/t21-,28+,29-,30-,31+,32+/m0/s1. The predicted octanol–water partition coefficient (Wildman–Crippen LogP) is 4.77. The van der Waals surface area contributed by atoms with Gasteiger partial charge >= 0.3 is 0 Å². The summed E-state index contributed by atoms with van der Waals surface area (Å²) in [6.07, 6.45) is 5.79. The number of hydrogen-bond donors (Lipinski definition) is 3. The summed E-state index contributed by atoms with van der Waals surface area (Å²) in [6.45, 7) is 4.33. The monoisotopic (exact) mass is 613 g/mol. The Kier molecular flexibility index (Phi) is 11.9. The number of carbonyl (C=O) groups excluding carboxylic acids is 2. The highest BCUT2D eigenvalue weighted by Gasteiger charge is 2.35. The fourth-order valence-electron chi connectivity index (χ4n) is 6.09. The van der Waals surface area contributed by atoms with Gasteiger partial charge in [0.2, 0.25) is 11.8 Å². The van der Waals surface area contributed by atoms with Gasteiger partial charge < -0.3 is 30.1 Å². The van der Waals surface area contributed by atoms with Crippen LogP contribution in [0.1, 0.15) is 74.8 Å². The van der Waals surface area contributed by atoms with Crippen LogP contribution in [0, 0.1) is 17.6 Å². The van der Waals surface area contributed by atoms with E-state index in [1.165, 1.54) is 17.0 Å². The molecule has 0 fully saturated rings. The molecule has 0 saturated heterocycles. The molecule has 8 nitrogen and oxygen atoms in total. The molecule has 3 N–H and O–H groups in total. The highest BCUT2D eigenvalue weighted by molar-refractivity contribution is 5.88. The maximum absolute atomic E-state index is 14.1. The molecule has 44 heavy (non-hydrogen) atoms. The Bertz CT molecular complexity index is 1300. The van der Waals surface area contributed by atoms with E-state index in [-0.39, 0.29) is 43.4 Å². The highest BCUT2D eigenvalue weighted by Crippen LogP contribution is 2.42. The van der Waals surface area contributed by atoms with Crippen molar-refractivity contribution in [3.05, 3.63) is 76.9 Å². The number of fused-ring (bicyclic) bond motifs is 5. The number of nitrogens with one attached hydrogen (secondary N) is 2. The van der Waals surface area contributed by atoms with Crippen LogP contribution in [0.4, 0.5) is 8.78 Å². The second-order valence-electron chi connectivity index (χ2n) is 11.9. The lowest BCUT2D eigenvalue weighted by molar-refractivity contribution is -0.142. The quantitative estimate of drug-likeness (QED) is 0.371. The summed E-state index contributed by atoms with van der Waals surface area (Å²) < 4.78 is 39.8. The van der Waals surface area contributed by atoms with Gasteiger partial charge in [-0.1, -0.05) is 44.9 Å². The number of aliphatic hydroxyl groups excluding tert-OH is 1. The molecule has 2 aromatic carbocycles. The molecule has 4 rings (SSSR count). The van der Waals surface area contributed by atoms with Crippen LogP contribution in [-0.2, 0) is 20.7 Å². The summed E-state index contributed by atoms with van der Waals surface area (Å²) in [5.41, 5.74) is 2.33. The Morgan fingerprint density at radius 1 is 1.16 bits per heavy atom. The summed E-state index contributed by atoms with van der Waals surface area (Å²) >= 11 is 0. The molecular formula is C34H45F2N3O5. The Labute approximate surface area is 258 Å². The Hall–Kier alpha value is -3.34. The van der Waals surface area contributed by atoms with Crippen LogP contribution < -0.4 is 15.4 Å².